The van der Waals surface area contributed by atoms with E-state index in [0.29, 0.717) is 37.3 Å². The van der Waals surface area contributed by atoms with Crippen LogP contribution in [-0.4, -0.2) is 28.8 Å². The molecule has 0 atom stereocenters. The minimum Gasteiger partial charge on any atom is -0.294 e. The average Bonchev–Trinajstić information content (AvgIpc) is 3.32. The van der Waals surface area contributed by atoms with Crippen LogP contribution in [0.15, 0.2) is 120 Å². The van der Waals surface area contributed by atoms with Gasteiger partial charge in [0.2, 0.25) is 0 Å². The number of benzene rings is 4. The number of aromatic nitrogens is 1. The molecule has 0 aliphatic carbocycles. The van der Waals surface area contributed by atoms with Crippen molar-refractivity contribution in [3.63, 3.8) is 0 Å². The van der Waals surface area contributed by atoms with Gasteiger partial charge >= 0.3 is 0 Å². The summed E-state index contributed by atoms with van der Waals surface area (Å²) in [5.74, 6) is 0. The summed E-state index contributed by atoms with van der Waals surface area (Å²) in [4.78, 5) is 13.0. The molecule has 0 N–H and O–H groups in total. The van der Waals surface area contributed by atoms with Crippen LogP contribution in [0, 0.1) is 10.1 Å². The molecule has 7 nitrogen and oxygen atoms in total. The summed E-state index contributed by atoms with van der Waals surface area (Å²) in [6.45, 7) is 1.99. The summed E-state index contributed by atoms with van der Waals surface area (Å²) in [6, 6.07) is 34.9. The van der Waals surface area contributed by atoms with E-state index in [1.54, 1.807) is 12.1 Å². The lowest BCUT2D eigenvalue weighted by atomic mass is 10.1. The van der Waals surface area contributed by atoms with Gasteiger partial charge in [0, 0.05) is 43.2 Å². The Morgan fingerprint density at radius 1 is 0.737 bits per heavy atom. The standard InChI is InChI=1S/C30H27N3O4S/c34-33(35)29-17-9-10-18-30(29)38(36,37)32-27(21-26-15-7-8-16-28(26)32)19-20-31(22-24-11-3-1-4-12-24)23-25-13-5-2-6-14-25/h1-18,21H,19-20,22-23H2. The largest absolute Gasteiger partial charge is 0.294 e. The third kappa shape index (κ3) is 5.37. The van der Waals surface area contributed by atoms with Crippen molar-refractivity contribution in [2.24, 2.45) is 0 Å². The molecule has 0 aliphatic heterocycles. The van der Waals surface area contributed by atoms with Crippen molar-refractivity contribution in [1.82, 2.24) is 8.87 Å². The molecule has 0 spiro atoms. The Morgan fingerprint density at radius 3 is 1.92 bits per heavy atom. The van der Waals surface area contributed by atoms with Crippen molar-refractivity contribution in [2.45, 2.75) is 24.4 Å². The maximum Gasteiger partial charge on any atom is 0.289 e. The lowest BCUT2D eigenvalue weighted by Crippen LogP contribution is -2.27. The second kappa shape index (κ2) is 11.0. The topological polar surface area (TPSA) is 85.5 Å². The van der Waals surface area contributed by atoms with E-state index in [-0.39, 0.29) is 4.90 Å². The van der Waals surface area contributed by atoms with Gasteiger partial charge in [-0.3, -0.25) is 15.0 Å². The van der Waals surface area contributed by atoms with Gasteiger partial charge < -0.3 is 0 Å². The lowest BCUT2D eigenvalue weighted by molar-refractivity contribution is -0.387. The number of nitrogens with zero attached hydrogens (tertiary/aromatic N) is 3. The summed E-state index contributed by atoms with van der Waals surface area (Å²) >= 11 is 0. The molecule has 5 aromatic rings. The number of fused-ring (bicyclic) bond motifs is 1. The first-order valence-corrected chi connectivity index (χ1v) is 13.8. The highest BCUT2D eigenvalue weighted by molar-refractivity contribution is 7.90. The molecule has 0 saturated heterocycles. The number of para-hydroxylation sites is 2. The molecule has 4 aromatic carbocycles. The van der Waals surface area contributed by atoms with E-state index in [9.17, 15) is 18.5 Å². The average molecular weight is 526 g/mol. The summed E-state index contributed by atoms with van der Waals surface area (Å²) in [5.41, 5.74) is 2.97. The zero-order chi connectivity index (χ0) is 26.5. The number of nitro groups is 1. The molecule has 0 saturated carbocycles. The van der Waals surface area contributed by atoms with E-state index in [1.807, 2.05) is 54.6 Å². The van der Waals surface area contributed by atoms with E-state index in [4.69, 9.17) is 0 Å². The lowest BCUT2D eigenvalue weighted by Gasteiger charge is -2.23. The van der Waals surface area contributed by atoms with Gasteiger partial charge in [0.1, 0.15) is 0 Å². The Kier molecular flexibility index (Phi) is 7.35. The summed E-state index contributed by atoms with van der Waals surface area (Å²) < 4.78 is 29.1. The van der Waals surface area contributed by atoms with E-state index in [2.05, 4.69) is 29.2 Å². The van der Waals surface area contributed by atoms with Crippen LogP contribution in [0.4, 0.5) is 5.69 Å². The molecule has 192 valence electrons. The first-order valence-electron chi connectivity index (χ1n) is 12.3. The number of hydrogen-bond acceptors (Lipinski definition) is 5. The van der Waals surface area contributed by atoms with Gasteiger partial charge in [-0.05, 0) is 29.3 Å². The van der Waals surface area contributed by atoms with Crippen molar-refractivity contribution in [3.05, 3.63) is 142 Å². The van der Waals surface area contributed by atoms with Gasteiger partial charge in [-0.2, -0.15) is 0 Å². The second-order valence-corrected chi connectivity index (χ2v) is 10.9. The normalized spacial score (nSPS) is 11.7. The molecule has 0 aliphatic rings. The van der Waals surface area contributed by atoms with Gasteiger partial charge in [-0.15, -0.1) is 0 Å². The first-order chi connectivity index (χ1) is 18.4. The van der Waals surface area contributed by atoms with Crippen LogP contribution in [-0.2, 0) is 29.5 Å². The molecule has 0 radical (unpaired) electrons. The Bertz CT molecular complexity index is 1620. The first kappa shape index (κ1) is 25.4. The molecule has 0 unspecified atom stereocenters. The fourth-order valence-corrected chi connectivity index (χ4v) is 6.47. The quantitative estimate of drug-likeness (QED) is 0.164. The second-order valence-electron chi connectivity index (χ2n) is 9.12. The van der Waals surface area contributed by atoms with Crippen LogP contribution in [0.5, 0.6) is 0 Å². The SMILES string of the molecule is O=[N+]([O-])c1ccccc1S(=O)(=O)n1c(CCN(Cc2ccccc2)Cc2ccccc2)cc2ccccc21. The molecular weight excluding hydrogens is 498 g/mol. The van der Waals surface area contributed by atoms with Crippen LogP contribution in [0.25, 0.3) is 10.9 Å². The van der Waals surface area contributed by atoms with Gasteiger partial charge in [0.05, 0.1) is 10.4 Å². The molecule has 5 rings (SSSR count). The highest BCUT2D eigenvalue weighted by Crippen LogP contribution is 2.31. The minimum atomic E-state index is -4.24. The number of nitro benzene ring substituents is 1. The zero-order valence-electron chi connectivity index (χ0n) is 20.7. The van der Waals surface area contributed by atoms with E-state index in [1.165, 1.54) is 28.2 Å². The summed E-state index contributed by atoms with van der Waals surface area (Å²) in [7, 11) is -4.24. The van der Waals surface area contributed by atoms with Crippen LogP contribution < -0.4 is 0 Å². The molecule has 38 heavy (non-hydrogen) atoms. The molecule has 1 aromatic heterocycles. The molecule has 8 heteroatoms. The van der Waals surface area contributed by atoms with Crippen LogP contribution >= 0.6 is 0 Å². The van der Waals surface area contributed by atoms with Crippen molar-refractivity contribution in [1.29, 1.82) is 0 Å². The van der Waals surface area contributed by atoms with Crippen molar-refractivity contribution in [2.75, 3.05) is 6.54 Å². The minimum absolute atomic E-state index is 0.321. The smallest absolute Gasteiger partial charge is 0.289 e. The van der Waals surface area contributed by atoms with Crippen molar-refractivity contribution in [3.8, 4) is 0 Å². The van der Waals surface area contributed by atoms with Crippen LogP contribution in [0.1, 0.15) is 16.8 Å². The summed E-state index contributed by atoms with van der Waals surface area (Å²) in [5, 5.41) is 12.4. The predicted molar refractivity (Wildman–Crippen MR) is 148 cm³/mol. The van der Waals surface area contributed by atoms with E-state index >= 15 is 0 Å². The highest BCUT2D eigenvalue weighted by Gasteiger charge is 2.30. The van der Waals surface area contributed by atoms with Crippen molar-refractivity contribution >= 4 is 26.6 Å². The van der Waals surface area contributed by atoms with E-state index < -0.39 is 20.6 Å². The fraction of sp³-hybridized carbons (Fsp3) is 0.133. The highest BCUT2D eigenvalue weighted by atomic mass is 32.2. The monoisotopic (exact) mass is 525 g/mol. The van der Waals surface area contributed by atoms with Crippen molar-refractivity contribution < 1.29 is 13.3 Å². The van der Waals surface area contributed by atoms with Gasteiger partial charge in [0.25, 0.3) is 15.7 Å². The van der Waals surface area contributed by atoms with E-state index in [0.717, 1.165) is 16.5 Å². The maximum atomic E-state index is 13.9. The molecule has 0 bridgehead atoms. The molecule has 0 amide bonds. The third-order valence-corrected chi connectivity index (χ3v) is 8.31. The zero-order valence-corrected chi connectivity index (χ0v) is 21.5. The Balaban J connectivity index is 1.52. The molecule has 0 fully saturated rings. The molecular formula is C30H27N3O4S. The predicted octanol–water partition coefficient (Wildman–Crippen LogP) is 6.03. The van der Waals surface area contributed by atoms with Crippen LogP contribution in [0.2, 0.25) is 0 Å². The summed E-state index contributed by atoms with van der Waals surface area (Å²) in [6.07, 6.45) is 0.439. The maximum absolute atomic E-state index is 13.9. The number of rotatable bonds is 10. The number of hydrogen-bond donors (Lipinski definition) is 0. The Labute approximate surface area is 221 Å². The van der Waals surface area contributed by atoms with Gasteiger partial charge in [-0.1, -0.05) is 91.0 Å². The Morgan fingerprint density at radius 2 is 1.29 bits per heavy atom. The third-order valence-electron chi connectivity index (χ3n) is 6.50. The Hall–Kier alpha value is -4.27. The van der Waals surface area contributed by atoms with Gasteiger partial charge in [0.15, 0.2) is 4.90 Å². The molecule has 1 heterocycles. The fourth-order valence-electron chi connectivity index (χ4n) is 4.74. The van der Waals surface area contributed by atoms with Crippen LogP contribution in [0.3, 0.4) is 0 Å². The van der Waals surface area contributed by atoms with Gasteiger partial charge in [-0.25, -0.2) is 12.4 Å².